The number of anilines is 1. The number of hydrogen-bond donors (Lipinski definition) is 1. The Labute approximate surface area is 141 Å². The fourth-order valence-corrected chi connectivity index (χ4v) is 3.59. The number of allylic oxidation sites excluding steroid dienone is 2. The maximum atomic E-state index is 13.0. The van der Waals surface area contributed by atoms with Crippen LogP contribution < -0.4 is 10.7 Å². The van der Waals surface area contributed by atoms with Crippen LogP contribution in [0.25, 0.3) is 11.0 Å². The highest BCUT2D eigenvalue weighted by Gasteiger charge is 2.38. The van der Waals surface area contributed by atoms with Crippen molar-refractivity contribution in [3.8, 4) is 0 Å². The van der Waals surface area contributed by atoms with Gasteiger partial charge in [0.25, 0.3) is 0 Å². The van der Waals surface area contributed by atoms with Crippen molar-refractivity contribution in [2.24, 2.45) is 0 Å². The molecule has 5 rings (SSSR count). The van der Waals surface area contributed by atoms with Gasteiger partial charge in [-0.1, -0.05) is 17.2 Å². The van der Waals surface area contributed by atoms with Crippen molar-refractivity contribution >= 4 is 22.7 Å². The number of Topliss-reactive ketones (excluding diaryl/α,β-unsaturated/α-hetero) is 1. The fourth-order valence-electron chi connectivity index (χ4n) is 3.59. The average Bonchev–Trinajstić information content (AvgIpc) is 3.09. The second-order valence-electron chi connectivity index (χ2n) is 6.16. The molecule has 124 valence electrons. The van der Waals surface area contributed by atoms with E-state index in [1.165, 1.54) is 10.9 Å². The number of nitrogens with one attached hydrogen (secondary N) is 1. The van der Waals surface area contributed by atoms with E-state index < -0.39 is 6.04 Å². The van der Waals surface area contributed by atoms with Crippen LogP contribution in [0, 0.1) is 0 Å². The minimum atomic E-state index is -0.671. The van der Waals surface area contributed by atoms with Gasteiger partial charge in [-0.15, -0.1) is 0 Å². The normalized spacial score (nSPS) is 19.5. The van der Waals surface area contributed by atoms with Crippen molar-refractivity contribution < 1.29 is 9.21 Å². The van der Waals surface area contributed by atoms with Gasteiger partial charge in [0, 0.05) is 17.7 Å². The Bertz CT molecular complexity index is 1110. The van der Waals surface area contributed by atoms with E-state index in [0.717, 1.165) is 18.5 Å². The third-order valence-electron chi connectivity index (χ3n) is 4.73. The summed E-state index contributed by atoms with van der Waals surface area (Å²) in [5.41, 5.74) is 2.02. The monoisotopic (exact) mass is 335 g/mol. The summed E-state index contributed by atoms with van der Waals surface area (Å²) in [7, 11) is 0. The van der Waals surface area contributed by atoms with E-state index >= 15 is 0 Å². The molecule has 0 saturated heterocycles. The van der Waals surface area contributed by atoms with Gasteiger partial charge in [0.15, 0.2) is 11.2 Å². The van der Waals surface area contributed by atoms with Crippen LogP contribution >= 0.6 is 0 Å². The quantitative estimate of drug-likeness (QED) is 0.723. The van der Waals surface area contributed by atoms with E-state index in [4.69, 9.17) is 4.42 Å². The van der Waals surface area contributed by atoms with Crippen molar-refractivity contribution in [3.63, 3.8) is 0 Å². The summed E-state index contributed by atoms with van der Waals surface area (Å²) in [6.07, 6.45) is 3.36. The van der Waals surface area contributed by atoms with Crippen molar-refractivity contribution in [1.29, 1.82) is 0 Å². The molecule has 1 unspecified atom stereocenters. The molecule has 1 aromatic carbocycles. The van der Waals surface area contributed by atoms with Gasteiger partial charge >= 0.3 is 0 Å². The number of hydrogen-bond acceptors (Lipinski definition) is 7. The predicted molar refractivity (Wildman–Crippen MR) is 87.9 cm³/mol. The van der Waals surface area contributed by atoms with Gasteiger partial charge in [-0.2, -0.15) is 4.68 Å². The first kappa shape index (κ1) is 14.1. The molecule has 0 spiro atoms. The Morgan fingerprint density at radius 3 is 3.00 bits per heavy atom. The molecule has 0 fully saturated rings. The maximum absolute atomic E-state index is 13.0. The molecular weight excluding hydrogens is 322 g/mol. The highest BCUT2D eigenvalue weighted by atomic mass is 16.3. The van der Waals surface area contributed by atoms with Gasteiger partial charge in [-0.05, 0) is 35.4 Å². The number of ketones is 1. The molecule has 25 heavy (non-hydrogen) atoms. The van der Waals surface area contributed by atoms with Crippen LogP contribution in [-0.2, 0) is 4.79 Å². The van der Waals surface area contributed by atoms with Gasteiger partial charge in [-0.25, -0.2) is 0 Å². The lowest BCUT2D eigenvalue weighted by molar-refractivity contribution is -0.116. The Morgan fingerprint density at radius 1 is 1.20 bits per heavy atom. The number of aromatic nitrogens is 4. The SMILES string of the molecule is O=C1CCCC2=C1C(c1coc3ccccc3c1=O)n1nnnc1N2. The zero-order valence-electron chi connectivity index (χ0n) is 13.1. The Morgan fingerprint density at radius 2 is 2.08 bits per heavy atom. The third kappa shape index (κ3) is 1.97. The second-order valence-corrected chi connectivity index (χ2v) is 6.16. The van der Waals surface area contributed by atoms with Gasteiger partial charge in [0.2, 0.25) is 5.95 Å². The summed E-state index contributed by atoms with van der Waals surface area (Å²) in [5, 5.41) is 15.2. The van der Waals surface area contributed by atoms with Crippen molar-refractivity contribution in [2.45, 2.75) is 25.3 Å². The standard InChI is InChI=1S/C17H13N5O3/c23-12-6-3-5-11-14(12)15(22-17(18-11)19-20-21-22)10-8-25-13-7-2-1-4-9(13)16(10)24/h1-2,4,7-8,15H,3,5-6H2,(H,18,19,21). The number of carbonyl (C=O) groups is 1. The molecule has 1 N–H and O–H groups in total. The molecule has 2 aliphatic rings. The van der Waals surface area contributed by atoms with Crippen LogP contribution in [0.5, 0.6) is 0 Å². The number of fused-ring (bicyclic) bond motifs is 2. The van der Waals surface area contributed by atoms with Crippen LogP contribution in [0.3, 0.4) is 0 Å². The summed E-state index contributed by atoms with van der Waals surface area (Å²) >= 11 is 0. The van der Waals surface area contributed by atoms with E-state index in [2.05, 4.69) is 20.8 Å². The van der Waals surface area contributed by atoms with Crippen LogP contribution in [0.1, 0.15) is 30.9 Å². The van der Waals surface area contributed by atoms with Crippen LogP contribution in [0.15, 0.2) is 51.0 Å². The van der Waals surface area contributed by atoms with E-state index in [9.17, 15) is 9.59 Å². The summed E-state index contributed by atoms with van der Waals surface area (Å²) in [6.45, 7) is 0. The molecule has 2 aromatic heterocycles. The highest BCUT2D eigenvalue weighted by Crippen LogP contribution is 2.38. The first-order valence-electron chi connectivity index (χ1n) is 8.05. The van der Waals surface area contributed by atoms with E-state index in [-0.39, 0.29) is 11.2 Å². The number of nitrogens with zero attached hydrogens (tertiary/aromatic N) is 4. The molecule has 3 heterocycles. The molecule has 0 radical (unpaired) electrons. The van der Waals surface area contributed by atoms with Gasteiger partial charge in [0.05, 0.1) is 10.9 Å². The molecule has 0 saturated carbocycles. The van der Waals surface area contributed by atoms with Gasteiger partial charge < -0.3 is 9.73 Å². The first-order valence-corrected chi connectivity index (χ1v) is 8.05. The zero-order chi connectivity index (χ0) is 17.0. The minimum absolute atomic E-state index is 0.00691. The second kappa shape index (κ2) is 5.10. The Hall–Kier alpha value is -3.29. The molecular formula is C17H13N5O3. The molecule has 8 heteroatoms. The molecule has 1 aliphatic carbocycles. The van der Waals surface area contributed by atoms with Crippen LogP contribution in [-0.4, -0.2) is 26.0 Å². The number of rotatable bonds is 1. The number of carbonyl (C=O) groups excluding carboxylic acids is 1. The fraction of sp³-hybridized carbons (Fsp3) is 0.235. The Balaban J connectivity index is 1.80. The Kier molecular flexibility index (Phi) is 2.87. The van der Waals surface area contributed by atoms with Crippen molar-refractivity contribution in [2.75, 3.05) is 5.32 Å². The highest BCUT2D eigenvalue weighted by molar-refractivity contribution is 5.99. The third-order valence-corrected chi connectivity index (χ3v) is 4.73. The van der Waals surface area contributed by atoms with E-state index in [1.54, 1.807) is 24.3 Å². The largest absolute Gasteiger partial charge is 0.464 e. The molecule has 0 amide bonds. The topological polar surface area (TPSA) is 103 Å². The zero-order valence-corrected chi connectivity index (χ0v) is 13.1. The average molecular weight is 335 g/mol. The summed E-state index contributed by atoms with van der Waals surface area (Å²) in [6, 6.07) is 6.37. The summed E-state index contributed by atoms with van der Waals surface area (Å²) < 4.78 is 7.12. The van der Waals surface area contributed by atoms with E-state index in [0.29, 0.717) is 34.5 Å². The van der Waals surface area contributed by atoms with Gasteiger partial charge in [-0.3, -0.25) is 9.59 Å². The van der Waals surface area contributed by atoms with Crippen LogP contribution in [0.2, 0.25) is 0 Å². The molecule has 3 aromatic rings. The lowest BCUT2D eigenvalue weighted by Gasteiger charge is -2.30. The first-order chi connectivity index (χ1) is 12.2. The number of tetrazole rings is 1. The maximum Gasteiger partial charge on any atom is 0.248 e. The smallest absolute Gasteiger partial charge is 0.248 e. The molecule has 1 aliphatic heterocycles. The number of benzene rings is 1. The van der Waals surface area contributed by atoms with Crippen molar-refractivity contribution in [1.82, 2.24) is 20.2 Å². The molecule has 1 atom stereocenters. The number of para-hydroxylation sites is 1. The summed E-state index contributed by atoms with van der Waals surface area (Å²) in [4.78, 5) is 25.7. The van der Waals surface area contributed by atoms with Crippen molar-refractivity contribution in [3.05, 3.63) is 57.6 Å². The van der Waals surface area contributed by atoms with Crippen LogP contribution in [0.4, 0.5) is 5.95 Å². The lowest BCUT2D eigenvalue weighted by Crippen LogP contribution is -2.34. The van der Waals surface area contributed by atoms with Gasteiger partial charge in [0.1, 0.15) is 17.9 Å². The molecule has 8 nitrogen and oxygen atoms in total. The van der Waals surface area contributed by atoms with E-state index in [1.807, 2.05) is 0 Å². The molecule has 0 bridgehead atoms. The predicted octanol–water partition coefficient (Wildman–Crippen LogP) is 1.80. The summed E-state index contributed by atoms with van der Waals surface area (Å²) in [5.74, 6) is 0.429. The minimum Gasteiger partial charge on any atom is -0.464 e. The lowest BCUT2D eigenvalue weighted by atomic mass is 9.86.